The summed E-state index contributed by atoms with van der Waals surface area (Å²) >= 11 is 0. The van der Waals surface area contributed by atoms with Gasteiger partial charge < -0.3 is 15.8 Å². The molecular formula is C10H20N2O4S. The lowest BCUT2D eigenvalue weighted by atomic mass is 10.2. The summed E-state index contributed by atoms with van der Waals surface area (Å²) in [6.07, 6.45) is 0.863. The fraction of sp³-hybridized carbons (Fsp3) is 0.900. The number of nitrogens with one attached hydrogen (secondary N) is 1. The Morgan fingerprint density at radius 2 is 2.06 bits per heavy atom. The molecule has 0 heterocycles. The average molecular weight is 264 g/mol. The van der Waals surface area contributed by atoms with Crippen molar-refractivity contribution in [2.24, 2.45) is 5.73 Å². The van der Waals surface area contributed by atoms with Crippen LogP contribution in [-0.2, 0) is 14.6 Å². The van der Waals surface area contributed by atoms with Crippen LogP contribution in [0.15, 0.2) is 0 Å². The second kappa shape index (κ2) is 4.13. The second-order valence-corrected chi connectivity index (χ2v) is 7.74. The van der Waals surface area contributed by atoms with Crippen molar-refractivity contribution in [2.75, 3.05) is 12.8 Å². The van der Waals surface area contributed by atoms with Crippen molar-refractivity contribution in [3.8, 4) is 0 Å². The van der Waals surface area contributed by atoms with E-state index in [1.807, 2.05) is 0 Å². The molecule has 0 bridgehead atoms. The van der Waals surface area contributed by atoms with Gasteiger partial charge in [-0.25, -0.2) is 13.2 Å². The van der Waals surface area contributed by atoms with E-state index in [9.17, 15) is 13.2 Å². The van der Waals surface area contributed by atoms with Crippen LogP contribution in [0.4, 0.5) is 4.79 Å². The number of alkyl carbamates (subject to hydrolysis) is 1. The fourth-order valence-electron chi connectivity index (χ4n) is 1.74. The molecule has 7 heteroatoms. The monoisotopic (exact) mass is 264 g/mol. The van der Waals surface area contributed by atoms with Crippen LogP contribution >= 0.6 is 0 Å². The van der Waals surface area contributed by atoms with E-state index in [4.69, 9.17) is 10.5 Å². The molecule has 2 atom stereocenters. The van der Waals surface area contributed by atoms with Gasteiger partial charge in [-0.1, -0.05) is 0 Å². The van der Waals surface area contributed by atoms with Crippen molar-refractivity contribution in [3.05, 3.63) is 0 Å². The first-order valence-electron chi connectivity index (χ1n) is 5.40. The zero-order valence-electron chi connectivity index (χ0n) is 10.6. The molecule has 0 saturated heterocycles. The van der Waals surface area contributed by atoms with E-state index in [2.05, 4.69) is 5.32 Å². The fourth-order valence-corrected chi connectivity index (χ4v) is 3.31. The highest BCUT2D eigenvalue weighted by molar-refractivity contribution is 7.91. The van der Waals surface area contributed by atoms with Crippen LogP contribution in [0.2, 0.25) is 0 Å². The van der Waals surface area contributed by atoms with Gasteiger partial charge >= 0.3 is 6.09 Å². The maximum atomic E-state index is 11.6. The van der Waals surface area contributed by atoms with Gasteiger partial charge in [-0.2, -0.15) is 0 Å². The van der Waals surface area contributed by atoms with Crippen LogP contribution < -0.4 is 11.1 Å². The lowest BCUT2D eigenvalue weighted by molar-refractivity contribution is 0.0499. The Morgan fingerprint density at radius 3 is 2.35 bits per heavy atom. The lowest BCUT2D eigenvalue weighted by Gasteiger charge is -2.23. The Morgan fingerprint density at radius 1 is 1.53 bits per heavy atom. The molecule has 100 valence electrons. The van der Waals surface area contributed by atoms with E-state index in [0.717, 1.165) is 6.26 Å². The normalized spacial score (nSPS) is 28.6. The molecule has 1 amide bonds. The van der Waals surface area contributed by atoms with Gasteiger partial charge in [-0.15, -0.1) is 0 Å². The summed E-state index contributed by atoms with van der Waals surface area (Å²) in [4.78, 5) is 11.6. The predicted octanol–water partition coefficient (Wildman–Crippen LogP) is 0.0255. The SMILES string of the molecule is CC(C)(C)OC(=O)N[C@@]1(CN)C[C@@H]1S(C)(=O)=O. The minimum atomic E-state index is -3.19. The number of amides is 1. The molecule has 0 aromatic carbocycles. The number of rotatable bonds is 3. The topological polar surface area (TPSA) is 98.5 Å². The molecule has 3 N–H and O–H groups in total. The Kier molecular flexibility index (Phi) is 3.46. The molecular weight excluding hydrogens is 244 g/mol. The van der Waals surface area contributed by atoms with Crippen molar-refractivity contribution in [3.63, 3.8) is 0 Å². The molecule has 1 saturated carbocycles. The molecule has 1 fully saturated rings. The van der Waals surface area contributed by atoms with Gasteiger partial charge in [0.1, 0.15) is 5.60 Å². The summed E-state index contributed by atoms with van der Waals surface area (Å²) in [5, 5.41) is 1.96. The molecule has 17 heavy (non-hydrogen) atoms. The summed E-state index contributed by atoms with van der Waals surface area (Å²) in [6.45, 7) is 5.30. The number of sulfone groups is 1. The molecule has 1 rings (SSSR count). The minimum Gasteiger partial charge on any atom is -0.444 e. The number of carbonyl (C=O) groups is 1. The van der Waals surface area contributed by atoms with Crippen LogP contribution in [0.5, 0.6) is 0 Å². The number of ether oxygens (including phenoxy) is 1. The van der Waals surface area contributed by atoms with E-state index in [1.54, 1.807) is 20.8 Å². The maximum absolute atomic E-state index is 11.6. The summed E-state index contributed by atoms with van der Waals surface area (Å²) in [7, 11) is -3.19. The van der Waals surface area contributed by atoms with Gasteiger partial charge in [-0.3, -0.25) is 0 Å². The molecule has 0 unspecified atom stereocenters. The van der Waals surface area contributed by atoms with E-state index >= 15 is 0 Å². The van der Waals surface area contributed by atoms with E-state index < -0.39 is 32.3 Å². The highest BCUT2D eigenvalue weighted by Crippen LogP contribution is 2.41. The van der Waals surface area contributed by atoms with Gasteiger partial charge in [0.25, 0.3) is 0 Å². The zero-order chi connectivity index (χ0) is 13.5. The predicted molar refractivity (Wildman–Crippen MR) is 64.4 cm³/mol. The van der Waals surface area contributed by atoms with Crippen LogP contribution in [0.3, 0.4) is 0 Å². The molecule has 6 nitrogen and oxygen atoms in total. The summed E-state index contributed by atoms with van der Waals surface area (Å²) in [5.74, 6) is 0. The highest BCUT2D eigenvalue weighted by atomic mass is 32.2. The van der Waals surface area contributed by atoms with Crippen molar-refractivity contribution < 1.29 is 17.9 Å². The van der Waals surface area contributed by atoms with Crippen molar-refractivity contribution in [2.45, 2.75) is 43.6 Å². The van der Waals surface area contributed by atoms with Crippen molar-refractivity contribution in [1.29, 1.82) is 0 Å². The lowest BCUT2D eigenvalue weighted by Crippen LogP contribution is -2.48. The van der Waals surface area contributed by atoms with E-state index in [0.29, 0.717) is 6.42 Å². The standard InChI is InChI=1S/C10H20N2O4S/c1-9(2,3)16-8(13)12-10(6-11)5-7(10)17(4,14)15/h7H,5-6,11H2,1-4H3,(H,12,13)/t7-,10+/m0/s1. The first kappa shape index (κ1) is 14.2. The number of hydrogen-bond donors (Lipinski definition) is 2. The van der Waals surface area contributed by atoms with Crippen molar-refractivity contribution >= 4 is 15.9 Å². The van der Waals surface area contributed by atoms with Gasteiger partial charge in [0, 0.05) is 12.8 Å². The molecule has 0 aromatic heterocycles. The van der Waals surface area contributed by atoms with Gasteiger partial charge in [-0.05, 0) is 27.2 Å². The molecule has 0 spiro atoms. The van der Waals surface area contributed by atoms with Crippen LogP contribution in [-0.4, -0.2) is 43.7 Å². The first-order valence-corrected chi connectivity index (χ1v) is 7.36. The van der Waals surface area contributed by atoms with Gasteiger partial charge in [0.2, 0.25) is 0 Å². The van der Waals surface area contributed by atoms with E-state index in [1.165, 1.54) is 0 Å². The number of nitrogens with two attached hydrogens (primary N) is 1. The molecule has 0 radical (unpaired) electrons. The number of hydrogen-bond acceptors (Lipinski definition) is 5. The smallest absolute Gasteiger partial charge is 0.408 e. The third kappa shape index (κ3) is 3.57. The summed E-state index contributed by atoms with van der Waals surface area (Å²) in [5.41, 5.74) is 4.07. The first-order chi connectivity index (χ1) is 7.50. The van der Waals surface area contributed by atoms with Crippen LogP contribution in [0.1, 0.15) is 27.2 Å². The maximum Gasteiger partial charge on any atom is 0.408 e. The molecule has 1 aliphatic rings. The summed E-state index contributed by atoms with van der Waals surface area (Å²) < 4.78 is 27.9. The Balaban J connectivity index is 2.66. The Hall–Kier alpha value is -0.820. The molecule has 0 aliphatic heterocycles. The quantitative estimate of drug-likeness (QED) is 0.749. The molecule has 1 aliphatic carbocycles. The Bertz CT molecular complexity index is 413. The van der Waals surface area contributed by atoms with Crippen LogP contribution in [0.25, 0.3) is 0 Å². The van der Waals surface area contributed by atoms with Gasteiger partial charge in [0.15, 0.2) is 9.84 Å². The summed E-state index contributed by atoms with van der Waals surface area (Å²) in [6, 6.07) is 0. The van der Waals surface area contributed by atoms with Crippen LogP contribution in [0, 0.1) is 0 Å². The molecule has 0 aromatic rings. The second-order valence-electron chi connectivity index (χ2n) is 5.51. The average Bonchev–Trinajstić information content (AvgIpc) is 2.75. The van der Waals surface area contributed by atoms with E-state index in [-0.39, 0.29) is 6.54 Å². The van der Waals surface area contributed by atoms with Crippen molar-refractivity contribution in [1.82, 2.24) is 5.32 Å². The zero-order valence-corrected chi connectivity index (χ0v) is 11.4. The highest BCUT2D eigenvalue weighted by Gasteiger charge is 2.60. The Labute approximate surface area is 102 Å². The largest absolute Gasteiger partial charge is 0.444 e. The third-order valence-corrected chi connectivity index (χ3v) is 4.29. The third-order valence-electron chi connectivity index (χ3n) is 2.64. The number of carbonyl (C=O) groups excluding carboxylic acids is 1. The minimum absolute atomic E-state index is 0.0873. The van der Waals surface area contributed by atoms with Gasteiger partial charge in [0.05, 0.1) is 10.8 Å².